The van der Waals surface area contributed by atoms with E-state index in [-0.39, 0.29) is 18.6 Å². The van der Waals surface area contributed by atoms with E-state index in [9.17, 15) is 18.0 Å². The zero-order valence-electron chi connectivity index (χ0n) is 15.9. The molecule has 0 fully saturated rings. The third-order valence-electron chi connectivity index (χ3n) is 4.11. The fourth-order valence-corrected chi connectivity index (χ4v) is 2.69. The van der Waals surface area contributed by atoms with Gasteiger partial charge in [-0.25, -0.2) is 0 Å². The summed E-state index contributed by atoms with van der Waals surface area (Å²) in [4.78, 5) is 13.4. The van der Waals surface area contributed by atoms with Crippen LogP contribution in [0.3, 0.4) is 0 Å². The number of hydrogen-bond acceptors (Lipinski definition) is 4. The van der Waals surface area contributed by atoms with Gasteiger partial charge in [-0.2, -0.15) is 13.2 Å². The fraction of sp³-hybridized carbons (Fsp3) is 0.381. The molecule has 0 saturated heterocycles. The van der Waals surface area contributed by atoms with Gasteiger partial charge in [0.1, 0.15) is 11.9 Å². The molecule has 0 aromatic heterocycles. The van der Waals surface area contributed by atoms with Gasteiger partial charge in [-0.1, -0.05) is 30.3 Å². The van der Waals surface area contributed by atoms with Crippen LogP contribution in [-0.2, 0) is 15.7 Å². The lowest BCUT2D eigenvalue weighted by molar-refractivity contribution is -0.144. The average molecular weight is 395 g/mol. The van der Waals surface area contributed by atoms with E-state index in [4.69, 9.17) is 9.47 Å². The molecule has 28 heavy (non-hydrogen) atoms. The quantitative estimate of drug-likeness (QED) is 0.577. The van der Waals surface area contributed by atoms with Crippen molar-refractivity contribution in [3.8, 4) is 5.75 Å². The smallest absolute Gasteiger partial charge is 0.416 e. The van der Waals surface area contributed by atoms with Gasteiger partial charge in [0.15, 0.2) is 0 Å². The molecule has 152 valence electrons. The lowest BCUT2D eigenvalue weighted by Gasteiger charge is -2.23. The van der Waals surface area contributed by atoms with Gasteiger partial charge < -0.3 is 9.47 Å². The Balaban J connectivity index is 2.05. The van der Waals surface area contributed by atoms with E-state index in [1.165, 1.54) is 12.1 Å². The molecule has 0 saturated carbocycles. The first-order valence-electron chi connectivity index (χ1n) is 9.02. The lowest BCUT2D eigenvalue weighted by atomic mass is 10.1. The molecular weight excluding hydrogens is 371 g/mol. The third kappa shape index (κ3) is 6.88. The molecule has 2 aromatic carbocycles. The van der Waals surface area contributed by atoms with Crippen LogP contribution in [-0.4, -0.2) is 37.6 Å². The Morgan fingerprint density at radius 1 is 1.07 bits per heavy atom. The minimum Gasteiger partial charge on any atom is -0.486 e. The van der Waals surface area contributed by atoms with Gasteiger partial charge in [-0.05, 0) is 43.8 Å². The molecule has 1 unspecified atom stereocenters. The van der Waals surface area contributed by atoms with E-state index in [2.05, 4.69) is 0 Å². The van der Waals surface area contributed by atoms with E-state index in [0.29, 0.717) is 25.3 Å². The van der Waals surface area contributed by atoms with Crippen molar-refractivity contribution in [1.29, 1.82) is 0 Å². The topological polar surface area (TPSA) is 38.8 Å². The van der Waals surface area contributed by atoms with Crippen molar-refractivity contribution in [2.45, 2.75) is 25.6 Å². The molecule has 4 nitrogen and oxygen atoms in total. The van der Waals surface area contributed by atoms with Gasteiger partial charge in [-0.3, -0.25) is 9.69 Å². The summed E-state index contributed by atoms with van der Waals surface area (Å²) < 4.78 is 49.1. The van der Waals surface area contributed by atoms with E-state index in [1.807, 2.05) is 35.2 Å². The molecule has 0 aliphatic carbocycles. The monoisotopic (exact) mass is 395 g/mol. The van der Waals surface area contributed by atoms with Crippen LogP contribution in [0.25, 0.3) is 0 Å². The second-order valence-corrected chi connectivity index (χ2v) is 6.37. The van der Waals surface area contributed by atoms with Crippen LogP contribution < -0.4 is 4.74 Å². The fourth-order valence-electron chi connectivity index (χ4n) is 2.69. The number of esters is 1. The van der Waals surface area contributed by atoms with Crippen molar-refractivity contribution < 1.29 is 27.4 Å². The molecule has 0 amide bonds. The van der Waals surface area contributed by atoms with Crippen LogP contribution in [0.5, 0.6) is 5.75 Å². The molecule has 2 aromatic rings. The Kier molecular flexibility index (Phi) is 7.87. The Morgan fingerprint density at radius 3 is 2.29 bits per heavy atom. The second kappa shape index (κ2) is 10.1. The van der Waals surface area contributed by atoms with E-state index >= 15 is 0 Å². The van der Waals surface area contributed by atoms with Crippen molar-refractivity contribution in [3.63, 3.8) is 0 Å². The predicted molar refractivity (Wildman–Crippen MR) is 100 cm³/mol. The van der Waals surface area contributed by atoms with Crippen LogP contribution in [0.2, 0.25) is 0 Å². The van der Waals surface area contributed by atoms with Crippen LogP contribution in [0, 0.1) is 0 Å². The average Bonchev–Trinajstić information content (AvgIpc) is 2.65. The number of likely N-dealkylation sites (N-methyl/N-ethyl adjacent to an activating group) is 1. The third-order valence-corrected chi connectivity index (χ3v) is 4.11. The number of ether oxygens (including phenoxy) is 2. The zero-order valence-corrected chi connectivity index (χ0v) is 15.9. The Morgan fingerprint density at radius 2 is 1.71 bits per heavy atom. The van der Waals surface area contributed by atoms with Gasteiger partial charge in [0, 0.05) is 13.0 Å². The summed E-state index contributed by atoms with van der Waals surface area (Å²) in [7, 11) is 1.80. The zero-order chi connectivity index (χ0) is 20.6. The van der Waals surface area contributed by atoms with Crippen molar-refractivity contribution in [2.75, 3.05) is 26.7 Å². The van der Waals surface area contributed by atoms with Gasteiger partial charge >= 0.3 is 12.1 Å². The highest BCUT2D eigenvalue weighted by molar-refractivity contribution is 5.71. The molecule has 0 aliphatic rings. The summed E-state index contributed by atoms with van der Waals surface area (Å²) in [5, 5.41) is 0. The highest BCUT2D eigenvalue weighted by Crippen LogP contribution is 2.32. The highest BCUT2D eigenvalue weighted by atomic mass is 19.4. The van der Waals surface area contributed by atoms with Crippen LogP contribution >= 0.6 is 0 Å². The molecule has 0 N–H and O–H groups in total. The van der Waals surface area contributed by atoms with Gasteiger partial charge in [-0.15, -0.1) is 0 Å². The van der Waals surface area contributed by atoms with Crippen molar-refractivity contribution in [2.24, 2.45) is 0 Å². The van der Waals surface area contributed by atoms with Crippen molar-refractivity contribution in [3.05, 3.63) is 65.7 Å². The Bertz CT molecular complexity index is 733. The van der Waals surface area contributed by atoms with E-state index in [0.717, 1.165) is 17.7 Å². The van der Waals surface area contributed by atoms with Gasteiger partial charge in [0.05, 0.1) is 18.7 Å². The van der Waals surface area contributed by atoms with E-state index < -0.39 is 11.7 Å². The first-order chi connectivity index (χ1) is 13.3. The minimum absolute atomic E-state index is 0.162. The number of rotatable bonds is 9. The molecular formula is C21H24F3NO3. The number of carbonyl (C=O) groups is 1. The summed E-state index contributed by atoms with van der Waals surface area (Å²) in [5.41, 5.74) is 0.192. The number of halogens is 3. The summed E-state index contributed by atoms with van der Waals surface area (Å²) in [6, 6.07) is 14.1. The Labute approximate surface area is 162 Å². The maximum atomic E-state index is 12.7. The minimum atomic E-state index is -4.38. The number of alkyl halides is 3. The van der Waals surface area contributed by atoms with E-state index in [1.54, 1.807) is 14.0 Å². The molecule has 1 atom stereocenters. The molecule has 2 rings (SSSR count). The van der Waals surface area contributed by atoms with Crippen LogP contribution in [0.1, 0.15) is 30.6 Å². The normalized spacial score (nSPS) is 12.6. The first kappa shape index (κ1) is 21.8. The number of nitrogens with zero attached hydrogens (tertiary/aromatic N) is 1. The lowest BCUT2D eigenvalue weighted by Crippen LogP contribution is -2.29. The number of benzene rings is 2. The van der Waals surface area contributed by atoms with Gasteiger partial charge in [0.25, 0.3) is 0 Å². The van der Waals surface area contributed by atoms with Crippen LogP contribution in [0.4, 0.5) is 13.2 Å². The molecule has 0 spiro atoms. The van der Waals surface area contributed by atoms with Crippen molar-refractivity contribution >= 4 is 5.97 Å². The van der Waals surface area contributed by atoms with Gasteiger partial charge in [0.2, 0.25) is 0 Å². The highest BCUT2D eigenvalue weighted by Gasteiger charge is 2.30. The Hall–Kier alpha value is -2.54. The van der Waals surface area contributed by atoms with Crippen molar-refractivity contribution in [1.82, 2.24) is 4.90 Å². The standard InChI is InChI=1S/C21H24F3NO3/c1-3-27-20(26)15-25(2)14-13-19(16-7-5-4-6-8-16)28-18-11-9-17(10-12-18)21(22,23)24/h4-12,19H,3,13-15H2,1-2H3. The summed E-state index contributed by atoms with van der Waals surface area (Å²) in [6.07, 6.45) is -4.18. The number of carbonyl (C=O) groups excluding carboxylic acids is 1. The molecule has 0 heterocycles. The summed E-state index contributed by atoms with van der Waals surface area (Å²) in [5.74, 6) is 0.0554. The maximum absolute atomic E-state index is 12.7. The SMILES string of the molecule is CCOC(=O)CN(C)CCC(Oc1ccc(C(F)(F)F)cc1)c1ccccc1. The number of hydrogen-bond donors (Lipinski definition) is 0. The summed E-state index contributed by atoms with van der Waals surface area (Å²) in [6.45, 7) is 2.80. The molecule has 0 aliphatic heterocycles. The largest absolute Gasteiger partial charge is 0.486 e. The predicted octanol–water partition coefficient (Wildman–Crippen LogP) is 4.71. The molecule has 0 radical (unpaired) electrons. The molecule has 7 heteroatoms. The molecule has 0 bridgehead atoms. The van der Waals surface area contributed by atoms with Crippen LogP contribution in [0.15, 0.2) is 54.6 Å². The second-order valence-electron chi connectivity index (χ2n) is 6.37. The maximum Gasteiger partial charge on any atom is 0.416 e. The first-order valence-corrected chi connectivity index (χ1v) is 9.02. The summed E-state index contributed by atoms with van der Waals surface area (Å²) >= 11 is 0.